The van der Waals surface area contributed by atoms with Gasteiger partial charge in [0.2, 0.25) is 0 Å². The number of rotatable bonds is 11. The summed E-state index contributed by atoms with van der Waals surface area (Å²) in [5.41, 5.74) is 2.54. The lowest BCUT2D eigenvalue weighted by Gasteiger charge is -2.08. The van der Waals surface area contributed by atoms with Gasteiger partial charge in [-0.3, -0.25) is 0 Å². The van der Waals surface area contributed by atoms with E-state index in [4.69, 9.17) is 4.74 Å². The minimum absolute atomic E-state index is 0.753. The van der Waals surface area contributed by atoms with Crippen molar-refractivity contribution in [2.75, 3.05) is 12.4 Å². The molecule has 0 N–H and O–H groups in total. The highest BCUT2D eigenvalue weighted by atomic mass is 32.2. The molecule has 0 aliphatic heterocycles. The van der Waals surface area contributed by atoms with E-state index in [1.165, 1.54) is 16.0 Å². The minimum atomic E-state index is 0.753. The van der Waals surface area contributed by atoms with Crippen molar-refractivity contribution < 1.29 is 4.74 Å². The predicted octanol–water partition coefficient (Wildman–Crippen LogP) is 6.16. The highest BCUT2D eigenvalue weighted by Gasteiger charge is 2.11. The summed E-state index contributed by atoms with van der Waals surface area (Å²) >= 11 is 3.60. The largest absolute Gasteiger partial charge is 0.494 e. The van der Waals surface area contributed by atoms with Crippen molar-refractivity contribution in [1.82, 2.24) is 14.8 Å². The molecule has 1 aromatic heterocycles. The number of nitrogens with zero attached hydrogens (tertiary/aromatic N) is 3. The van der Waals surface area contributed by atoms with Crippen molar-refractivity contribution in [3.05, 3.63) is 65.5 Å². The molecule has 0 atom stereocenters. The first kappa shape index (κ1) is 21.8. The first-order valence-electron chi connectivity index (χ1n) is 10.1. The average Bonchev–Trinajstić information content (AvgIpc) is 3.13. The molecule has 29 heavy (non-hydrogen) atoms. The number of unbranched alkanes of at least 4 members (excludes halogenated alkanes) is 1. The quantitative estimate of drug-likeness (QED) is 0.271. The van der Waals surface area contributed by atoms with Crippen molar-refractivity contribution in [1.29, 1.82) is 0 Å². The number of ether oxygens (including phenoxy) is 1. The maximum absolute atomic E-state index is 5.80. The minimum Gasteiger partial charge on any atom is -0.494 e. The lowest BCUT2D eigenvalue weighted by Crippen LogP contribution is -2.03. The summed E-state index contributed by atoms with van der Waals surface area (Å²) in [5, 5.41) is 9.87. The summed E-state index contributed by atoms with van der Waals surface area (Å²) in [5.74, 6) is 3.86. The van der Waals surface area contributed by atoms with Gasteiger partial charge in [-0.15, -0.1) is 22.0 Å². The monoisotopic (exact) mass is 427 g/mol. The highest BCUT2D eigenvalue weighted by molar-refractivity contribution is 7.99. The number of hydrogen-bond donors (Lipinski definition) is 0. The van der Waals surface area contributed by atoms with Gasteiger partial charge in [0.05, 0.1) is 12.4 Å². The third-order valence-electron chi connectivity index (χ3n) is 4.56. The maximum Gasteiger partial charge on any atom is 0.191 e. The molecule has 0 fully saturated rings. The zero-order valence-electron chi connectivity index (χ0n) is 17.4. The van der Waals surface area contributed by atoms with Gasteiger partial charge in [0.1, 0.15) is 11.6 Å². The fraction of sp³-hybridized carbons (Fsp3) is 0.391. The molecule has 0 saturated carbocycles. The van der Waals surface area contributed by atoms with Crippen LogP contribution in [0, 0.1) is 13.8 Å². The Morgan fingerprint density at radius 1 is 0.862 bits per heavy atom. The van der Waals surface area contributed by atoms with Gasteiger partial charge in [-0.2, -0.15) is 0 Å². The number of aromatic nitrogens is 3. The molecular formula is C23H29N3OS2. The van der Waals surface area contributed by atoms with Crippen LogP contribution < -0.4 is 4.74 Å². The Bertz CT molecular complexity index is 876. The van der Waals surface area contributed by atoms with Gasteiger partial charge in [-0.1, -0.05) is 47.2 Å². The highest BCUT2D eigenvalue weighted by Crippen LogP contribution is 2.25. The molecule has 0 aliphatic rings. The van der Waals surface area contributed by atoms with E-state index in [0.717, 1.165) is 54.2 Å². The van der Waals surface area contributed by atoms with Crippen LogP contribution in [0.2, 0.25) is 0 Å². The molecule has 0 saturated heterocycles. The summed E-state index contributed by atoms with van der Waals surface area (Å²) in [6, 6.07) is 16.9. The van der Waals surface area contributed by atoms with Gasteiger partial charge in [0.15, 0.2) is 5.16 Å². The Morgan fingerprint density at radius 2 is 1.55 bits per heavy atom. The zero-order valence-corrected chi connectivity index (χ0v) is 19.1. The van der Waals surface area contributed by atoms with Gasteiger partial charge >= 0.3 is 0 Å². The summed E-state index contributed by atoms with van der Waals surface area (Å²) in [4.78, 5) is 1.27. The third-order valence-corrected chi connectivity index (χ3v) is 6.62. The van der Waals surface area contributed by atoms with Gasteiger partial charge in [-0.05, 0) is 57.9 Å². The van der Waals surface area contributed by atoms with Crippen molar-refractivity contribution >= 4 is 23.5 Å². The molecule has 2 aromatic carbocycles. The lowest BCUT2D eigenvalue weighted by molar-refractivity contribution is 0.310. The summed E-state index contributed by atoms with van der Waals surface area (Å²) < 4.78 is 8.03. The molecule has 154 valence electrons. The van der Waals surface area contributed by atoms with Crippen LogP contribution in [0.15, 0.2) is 58.6 Å². The fourth-order valence-corrected chi connectivity index (χ4v) is 4.68. The molecule has 0 spiro atoms. The SMILES string of the molecule is CCn1c(CSc2ccc(C)cc2)nnc1SCCCCOc1ccc(C)cc1. The van der Waals surface area contributed by atoms with Crippen molar-refractivity contribution in [3.8, 4) is 5.75 Å². The molecule has 3 rings (SSSR count). The van der Waals surface area contributed by atoms with Gasteiger partial charge < -0.3 is 9.30 Å². The number of hydrogen-bond acceptors (Lipinski definition) is 5. The number of thioether (sulfide) groups is 2. The Labute approximate surface area is 182 Å². The molecule has 4 nitrogen and oxygen atoms in total. The summed E-state index contributed by atoms with van der Waals surface area (Å²) in [6.45, 7) is 8.00. The van der Waals surface area contributed by atoms with E-state index in [-0.39, 0.29) is 0 Å². The van der Waals surface area contributed by atoms with E-state index >= 15 is 0 Å². The van der Waals surface area contributed by atoms with Crippen LogP contribution in [-0.2, 0) is 12.3 Å². The topological polar surface area (TPSA) is 39.9 Å². The molecule has 0 amide bonds. The van der Waals surface area contributed by atoms with E-state index in [1.54, 1.807) is 11.8 Å². The van der Waals surface area contributed by atoms with E-state index in [2.05, 4.69) is 71.9 Å². The van der Waals surface area contributed by atoms with Crippen LogP contribution >= 0.6 is 23.5 Å². The molecule has 0 bridgehead atoms. The second kappa shape index (κ2) is 11.3. The van der Waals surface area contributed by atoms with E-state index in [0.29, 0.717) is 0 Å². The number of aryl methyl sites for hydroxylation is 2. The molecule has 0 aliphatic carbocycles. The standard InChI is InChI=1S/C23H29N3OS2/c1-4-26-22(17-29-21-13-9-19(3)10-14-21)24-25-23(26)28-16-6-5-15-27-20-11-7-18(2)8-12-20/h7-14H,4-6,15-17H2,1-3H3. The summed E-state index contributed by atoms with van der Waals surface area (Å²) in [6.07, 6.45) is 2.14. The van der Waals surface area contributed by atoms with Crippen LogP contribution in [0.1, 0.15) is 36.7 Å². The maximum atomic E-state index is 5.80. The molecular weight excluding hydrogens is 398 g/mol. The van der Waals surface area contributed by atoms with Crippen LogP contribution in [-0.4, -0.2) is 27.1 Å². The zero-order chi connectivity index (χ0) is 20.5. The predicted molar refractivity (Wildman–Crippen MR) is 123 cm³/mol. The van der Waals surface area contributed by atoms with Gasteiger partial charge in [0.25, 0.3) is 0 Å². The Hall–Kier alpha value is -1.92. The normalized spacial score (nSPS) is 11.0. The Morgan fingerprint density at radius 3 is 2.24 bits per heavy atom. The fourth-order valence-electron chi connectivity index (χ4n) is 2.82. The summed E-state index contributed by atoms with van der Waals surface area (Å²) in [7, 11) is 0. The van der Waals surface area contributed by atoms with E-state index < -0.39 is 0 Å². The van der Waals surface area contributed by atoms with Crippen molar-refractivity contribution in [2.45, 2.75) is 56.0 Å². The van der Waals surface area contributed by atoms with E-state index in [9.17, 15) is 0 Å². The number of benzene rings is 2. The van der Waals surface area contributed by atoms with E-state index in [1.807, 2.05) is 23.9 Å². The van der Waals surface area contributed by atoms with Gasteiger partial charge in [0, 0.05) is 17.2 Å². The Balaban J connectivity index is 1.40. The van der Waals surface area contributed by atoms with Crippen LogP contribution in [0.25, 0.3) is 0 Å². The first-order chi connectivity index (χ1) is 14.2. The van der Waals surface area contributed by atoms with Crippen LogP contribution in [0.5, 0.6) is 5.75 Å². The molecule has 1 heterocycles. The van der Waals surface area contributed by atoms with Crippen molar-refractivity contribution in [2.24, 2.45) is 0 Å². The average molecular weight is 428 g/mol. The first-order valence-corrected chi connectivity index (χ1v) is 12.1. The second-order valence-corrected chi connectivity index (χ2v) is 9.07. The molecule has 6 heteroatoms. The molecule has 0 radical (unpaired) electrons. The molecule has 0 unspecified atom stereocenters. The van der Waals surface area contributed by atoms with Crippen LogP contribution in [0.4, 0.5) is 0 Å². The Kier molecular flexibility index (Phi) is 8.50. The smallest absolute Gasteiger partial charge is 0.191 e. The van der Waals surface area contributed by atoms with Crippen molar-refractivity contribution in [3.63, 3.8) is 0 Å². The third kappa shape index (κ3) is 6.82. The van der Waals surface area contributed by atoms with Crippen LogP contribution in [0.3, 0.4) is 0 Å². The molecule has 3 aromatic rings. The van der Waals surface area contributed by atoms with Gasteiger partial charge in [-0.25, -0.2) is 0 Å². The lowest BCUT2D eigenvalue weighted by atomic mass is 10.2. The second-order valence-electron chi connectivity index (χ2n) is 6.96.